The zero-order valence-corrected chi connectivity index (χ0v) is 13.7. The summed E-state index contributed by atoms with van der Waals surface area (Å²) in [6, 6.07) is 8.90. The van der Waals surface area contributed by atoms with Crippen molar-refractivity contribution in [2.24, 2.45) is 0 Å². The molecule has 2 nitrogen and oxygen atoms in total. The van der Waals surface area contributed by atoms with Gasteiger partial charge in [0.2, 0.25) is 0 Å². The molecule has 1 heterocycles. The Labute approximate surface area is 133 Å². The first-order valence-electron chi connectivity index (χ1n) is 6.51. The van der Waals surface area contributed by atoms with E-state index in [-0.39, 0.29) is 24.8 Å². The lowest BCUT2D eigenvalue weighted by Crippen LogP contribution is -2.45. The van der Waals surface area contributed by atoms with Gasteiger partial charge in [-0.25, -0.2) is 0 Å². The minimum Gasteiger partial charge on any atom is -0.314 e. The van der Waals surface area contributed by atoms with E-state index in [1.54, 1.807) is 0 Å². The van der Waals surface area contributed by atoms with Gasteiger partial charge in [-0.2, -0.15) is 0 Å². The number of benzene rings is 1. The van der Waals surface area contributed by atoms with Crippen LogP contribution in [0.15, 0.2) is 24.3 Å². The van der Waals surface area contributed by atoms with Crippen molar-refractivity contribution >= 4 is 36.4 Å². The highest BCUT2D eigenvalue weighted by molar-refractivity contribution is 6.30. The molecule has 0 amide bonds. The molecule has 1 aromatic carbocycles. The van der Waals surface area contributed by atoms with Crippen molar-refractivity contribution < 1.29 is 0 Å². The fourth-order valence-electron chi connectivity index (χ4n) is 2.51. The Morgan fingerprint density at radius 3 is 2.26 bits per heavy atom. The van der Waals surface area contributed by atoms with Gasteiger partial charge >= 0.3 is 0 Å². The second-order valence-corrected chi connectivity index (χ2v) is 5.08. The first-order valence-corrected chi connectivity index (χ1v) is 6.89. The summed E-state index contributed by atoms with van der Waals surface area (Å²) in [6.07, 6.45) is 2.44. The summed E-state index contributed by atoms with van der Waals surface area (Å²) >= 11 is 5.96. The number of nitrogens with one attached hydrogen (secondary N) is 1. The molecule has 2 rings (SSSR count). The largest absolute Gasteiger partial charge is 0.314 e. The Kier molecular flexibility index (Phi) is 9.85. The van der Waals surface area contributed by atoms with Crippen molar-refractivity contribution in [2.45, 2.75) is 25.8 Å². The van der Waals surface area contributed by atoms with Crippen LogP contribution < -0.4 is 5.32 Å². The SMILES string of the molecule is CCC[C@H](c1ccc(Cl)cc1)N1CCNCC1.Cl.Cl. The van der Waals surface area contributed by atoms with Gasteiger partial charge in [-0.05, 0) is 24.1 Å². The fourth-order valence-corrected chi connectivity index (χ4v) is 2.64. The summed E-state index contributed by atoms with van der Waals surface area (Å²) < 4.78 is 0. The van der Waals surface area contributed by atoms with Crippen LogP contribution in [0.25, 0.3) is 0 Å². The van der Waals surface area contributed by atoms with Gasteiger partial charge in [0.05, 0.1) is 0 Å². The Morgan fingerprint density at radius 1 is 1.16 bits per heavy atom. The zero-order valence-electron chi connectivity index (χ0n) is 11.3. The average Bonchev–Trinajstić information content (AvgIpc) is 2.38. The van der Waals surface area contributed by atoms with E-state index < -0.39 is 0 Å². The van der Waals surface area contributed by atoms with Crippen LogP contribution in [0.1, 0.15) is 31.4 Å². The Balaban J connectivity index is 0.00000162. The first kappa shape index (κ1) is 19.0. The first-order chi connectivity index (χ1) is 8.31. The fraction of sp³-hybridized carbons (Fsp3) is 0.571. The molecule has 1 atom stereocenters. The summed E-state index contributed by atoms with van der Waals surface area (Å²) in [5.74, 6) is 0. The van der Waals surface area contributed by atoms with Crippen molar-refractivity contribution in [2.75, 3.05) is 26.2 Å². The number of halogens is 3. The van der Waals surface area contributed by atoms with Gasteiger partial charge in [0.15, 0.2) is 0 Å². The van der Waals surface area contributed by atoms with Crippen LogP contribution in [0.4, 0.5) is 0 Å². The molecule has 110 valence electrons. The molecule has 1 aliphatic rings. The number of hydrogen-bond acceptors (Lipinski definition) is 2. The van der Waals surface area contributed by atoms with Crippen LogP contribution >= 0.6 is 36.4 Å². The van der Waals surface area contributed by atoms with Crippen molar-refractivity contribution in [1.82, 2.24) is 10.2 Å². The molecular formula is C14H23Cl3N2. The quantitative estimate of drug-likeness (QED) is 0.902. The molecule has 0 saturated carbocycles. The third kappa shape index (κ3) is 5.49. The second-order valence-electron chi connectivity index (χ2n) is 4.64. The van der Waals surface area contributed by atoms with Gasteiger partial charge in [-0.3, -0.25) is 4.90 Å². The number of hydrogen-bond donors (Lipinski definition) is 1. The molecule has 5 heteroatoms. The maximum absolute atomic E-state index is 5.96. The number of nitrogens with zero attached hydrogens (tertiary/aromatic N) is 1. The van der Waals surface area contributed by atoms with E-state index in [9.17, 15) is 0 Å². The van der Waals surface area contributed by atoms with E-state index in [1.807, 2.05) is 12.1 Å². The summed E-state index contributed by atoms with van der Waals surface area (Å²) in [5.41, 5.74) is 1.40. The Morgan fingerprint density at radius 2 is 1.74 bits per heavy atom. The van der Waals surface area contributed by atoms with Gasteiger partial charge in [0.1, 0.15) is 0 Å². The average molecular weight is 326 g/mol. The molecule has 19 heavy (non-hydrogen) atoms. The van der Waals surface area contributed by atoms with Crippen molar-refractivity contribution in [1.29, 1.82) is 0 Å². The van der Waals surface area contributed by atoms with E-state index >= 15 is 0 Å². The van der Waals surface area contributed by atoms with Crippen molar-refractivity contribution in [3.05, 3.63) is 34.9 Å². The normalized spacial score (nSPS) is 17.2. The van der Waals surface area contributed by atoms with Crippen LogP contribution in [0, 0.1) is 0 Å². The molecule has 0 aromatic heterocycles. The predicted octanol–water partition coefficient (Wildman–Crippen LogP) is 3.93. The second kappa shape index (κ2) is 9.84. The highest BCUT2D eigenvalue weighted by Gasteiger charge is 2.20. The molecule has 0 spiro atoms. The monoisotopic (exact) mass is 324 g/mol. The minimum absolute atomic E-state index is 0. The molecule has 1 saturated heterocycles. The van der Waals surface area contributed by atoms with E-state index in [4.69, 9.17) is 11.6 Å². The van der Waals surface area contributed by atoms with Gasteiger partial charge in [0, 0.05) is 37.2 Å². The standard InChI is InChI=1S/C14H21ClN2.2ClH/c1-2-3-14(17-10-8-16-9-11-17)12-4-6-13(15)7-5-12;;/h4-7,14,16H,2-3,8-11H2,1H3;2*1H/t14-;;/m1../s1. The summed E-state index contributed by atoms with van der Waals surface area (Å²) in [6.45, 7) is 6.76. The Bertz CT molecular complexity index is 337. The smallest absolute Gasteiger partial charge is 0.0406 e. The zero-order chi connectivity index (χ0) is 12.1. The molecule has 0 bridgehead atoms. The Hall–Kier alpha value is 0.01000. The van der Waals surface area contributed by atoms with Crippen molar-refractivity contribution in [3.63, 3.8) is 0 Å². The van der Waals surface area contributed by atoms with Crippen LogP contribution in [-0.4, -0.2) is 31.1 Å². The molecule has 1 aromatic rings. The summed E-state index contributed by atoms with van der Waals surface area (Å²) in [7, 11) is 0. The third-order valence-electron chi connectivity index (χ3n) is 3.41. The lowest BCUT2D eigenvalue weighted by Gasteiger charge is -2.35. The summed E-state index contributed by atoms with van der Waals surface area (Å²) in [5, 5.41) is 4.23. The van der Waals surface area contributed by atoms with E-state index in [0.717, 1.165) is 31.2 Å². The van der Waals surface area contributed by atoms with Gasteiger partial charge in [-0.15, -0.1) is 24.8 Å². The topological polar surface area (TPSA) is 15.3 Å². The van der Waals surface area contributed by atoms with E-state index in [0.29, 0.717) is 6.04 Å². The molecule has 0 unspecified atom stereocenters. The van der Waals surface area contributed by atoms with Gasteiger partial charge in [0.25, 0.3) is 0 Å². The predicted molar refractivity (Wildman–Crippen MR) is 88.0 cm³/mol. The third-order valence-corrected chi connectivity index (χ3v) is 3.66. The molecular weight excluding hydrogens is 303 g/mol. The highest BCUT2D eigenvalue weighted by Crippen LogP contribution is 2.26. The number of rotatable bonds is 4. The highest BCUT2D eigenvalue weighted by atomic mass is 35.5. The maximum Gasteiger partial charge on any atom is 0.0406 e. The van der Waals surface area contributed by atoms with Crippen molar-refractivity contribution in [3.8, 4) is 0 Å². The molecule has 0 aliphatic carbocycles. The molecule has 1 N–H and O–H groups in total. The molecule has 1 fully saturated rings. The maximum atomic E-state index is 5.96. The van der Waals surface area contributed by atoms with Crippen LogP contribution in [-0.2, 0) is 0 Å². The lowest BCUT2D eigenvalue weighted by atomic mass is 10.00. The van der Waals surface area contributed by atoms with Crippen LogP contribution in [0.3, 0.4) is 0 Å². The van der Waals surface area contributed by atoms with Gasteiger partial charge < -0.3 is 5.32 Å². The minimum atomic E-state index is 0. The van der Waals surface area contributed by atoms with E-state index in [2.05, 4.69) is 29.3 Å². The van der Waals surface area contributed by atoms with Gasteiger partial charge in [-0.1, -0.05) is 37.1 Å². The number of piperazine rings is 1. The van der Waals surface area contributed by atoms with Crippen LogP contribution in [0.5, 0.6) is 0 Å². The summed E-state index contributed by atoms with van der Waals surface area (Å²) in [4.78, 5) is 2.59. The van der Waals surface area contributed by atoms with Crippen LogP contribution in [0.2, 0.25) is 5.02 Å². The molecule has 0 radical (unpaired) electrons. The lowest BCUT2D eigenvalue weighted by molar-refractivity contribution is 0.164. The van der Waals surface area contributed by atoms with E-state index in [1.165, 1.54) is 18.4 Å². The molecule has 1 aliphatic heterocycles.